The smallest absolute Gasteiger partial charge is 0.232 e. The lowest BCUT2D eigenvalue weighted by Crippen LogP contribution is -2.24. The first kappa shape index (κ1) is 22.3. The summed E-state index contributed by atoms with van der Waals surface area (Å²) >= 11 is 0. The van der Waals surface area contributed by atoms with Gasteiger partial charge in [0.05, 0.1) is 41.5 Å². The van der Waals surface area contributed by atoms with Crippen molar-refractivity contribution in [2.24, 2.45) is 0 Å². The molecule has 0 aliphatic carbocycles. The van der Waals surface area contributed by atoms with Crippen LogP contribution in [0, 0.1) is 0 Å². The largest absolute Gasteiger partial charge is 0.493 e. The van der Waals surface area contributed by atoms with Crippen LogP contribution in [0.3, 0.4) is 0 Å². The second-order valence-electron chi connectivity index (χ2n) is 7.31. The third kappa shape index (κ3) is 4.11. The molecule has 1 saturated heterocycles. The van der Waals surface area contributed by atoms with Gasteiger partial charge in [0.1, 0.15) is 0 Å². The Kier molecular flexibility index (Phi) is 6.25. The number of amides is 1. The minimum atomic E-state index is -0.242. The van der Waals surface area contributed by atoms with Crippen LogP contribution in [0.25, 0.3) is 11.4 Å². The topological polar surface area (TPSA) is 105 Å². The molecule has 0 radical (unpaired) electrons. The fraction of sp³-hybridized carbons (Fsp3) is 0.348. The van der Waals surface area contributed by atoms with Crippen molar-refractivity contribution in [1.82, 2.24) is 10.1 Å². The van der Waals surface area contributed by atoms with E-state index in [2.05, 4.69) is 10.1 Å². The molecule has 0 bridgehead atoms. The van der Waals surface area contributed by atoms with Gasteiger partial charge < -0.3 is 33.1 Å². The molecule has 174 valence electrons. The lowest BCUT2D eigenvalue weighted by atomic mass is 10.1. The maximum atomic E-state index is 12.7. The number of carbonyl (C=O) groups is 1. The Morgan fingerprint density at radius 3 is 2.15 bits per heavy atom. The minimum Gasteiger partial charge on any atom is -0.493 e. The maximum Gasteiger partial charge on any atom is 0.232 e. The van der Waals surface area contributed by atoms with Crippen LogP contribution in [0.4, 0.5) is 5.69 Å². The van der Waals surface area contributed by atoms with Crippen molar-refractivity contribution < 1.29 is 33.0 Å². The molecule has 2 heterocycles. The molecule has 1 aromatic heterocycles. The standard InChI is InChI=1S/C23H25N3O7/c1-28-16-7-6-15(11-17(16)29-2)26-12-14(10-20(26)27)23-24-22(25-33-23)13-8-18(30-3)21(32-5)19(9-13)31-4/h6-9,11,14H,10,12H2,1-5H3/t14-/m0/s1. The number of hydrogen-bond donors (Lipinski definition) is 0. The summed E-state index contributed by atoms with van der Waals surface area (Å²) in [4.78, 5) is 19.0. The number of methoxy groups -OCH3 is 5. The van der Waals surface area contributed by atoms with Crippen molar-refractivity contribution in [3.8, 4) is 40.1 Å². The van der Waals surface area contributed by atoms with Crippen LogP contribution >= 0.6 is 0 Å². The van der Waals surface area contributed by atoms with Gasteiger partial charge in [-0.2, -0.15) is 4.98 Å². The number of nitrogens with zero attached hydrogens (tertiary/aromatic N) is 3. The lowest BCUT2D eigenvalue weighted by molar-refractivity contribution is -0.117. The van der Waals surface area contributed by atoms with Crippen molar-refractivity contribution in [3.05, 3.63) is 36.2 Å². The summed E-state index contributed by atoms with van der Waals surface area (Å²) in [5, 5.41) is 4.11. The second kappa shape index (κ2) is 9.27. The summed E-state index contributed by atoms with van der Waals surface area (Å²) < 4.78 is 32.3. The van der Waals surface area contributed by atoms with Gasteiger partial charge in [-0.05, 0) is 24.3 Å². The molecule has 1 aliphatic rings. The first-order chi connectivity index (χ1) is 16.0. The Labute approximate surface area is 190 Å². The quantitative estimate of drug-likeness (QED) is 0.506. The van der Waals surface area contributed by atoms with Gasteiger partial charge in [-0.15, -0.1) is 0 Å². The van der Waals surface area contributed by atoms with E-state index < -0.39 is 0 Å². The highest BCUT2D eigenvalue weighted by atomic mass is 16.5. The summed E-state index contributed by atoms with van der Waals surface area (Å²) in [6.45, 7) is 0.408. The fourth-order valence-electron chi connectivity index (χ4n) is 3.84. The third-order valence-electron chi connectivity index (χ3n) is 5.52. The van der Waals surface area contributed by atoms with Gasteiger partial charge in [0, 0.05) is 30.3 Å². The number of ether oxygens (including phenoxy) is 5. The van der Waals surface area contributed by atoms with Crippen LogP contribution in [0.2, 0.25) is 0 Å². The van der Waals surface area contributed by atoms with E-state index in [1.165, 1.54) is 21.3 Å². The van der Waals surface area contributed by atoms with Crippen molar-refractivity contribution in [1.29, 1.82) is 0 Å². The molecular formula is C23H25N3O7. The second-order valence-corrected chi connectivity index (χ2v) is 7.31. The van der Waals surface area contributed by atoms with Crippen molar-refractivity contribution in [2.45, 2.75) is 12.3 Å². The average Bonchev–Trinajstić information content (AvgIpc) is 3.49. The molecule has 1 atom stereocenters. The molecule has 3 aromatic rings. The van der Waals surface area contributed by atoms with Gasteiger partial charge in [0.25, 0.3) is 0 Å². The number of benzene rings is 2. The third-order valence-corrected chi connectivity index (χ3v) is 5.52. The minimum absolute atomic E-state index is 0.0419. The Hall–Kier alpha value is -3.95. The number of rotatable bonds is 8. The van der Waals surface area contributed by atoms with Crippen LogP contribution < -0.4 is 28.6 Å². The van der Waals surface area contributed by atoms with E-state index in [1.54, 1.807) is 43.4 Å². The van der Waals surface area contributed by atoms with Crippen LogP contribution in [-0.4, -0.2) is 58.1 Å². The molecule has 1 amide bonds. The van der Waals surface area contributed by atoms with E-state index >= 15 is 0 Å². The van der Waals surface area contributed by atoms with Crippen molar-refractivity contribution in [3.63, 3.8) is 0 Å². The zero-order valence-electron chi connectivity index (χ0n) is 19.1. The zero-order chi connectivity index (χ0) is 23.5. The van der Waals surface area contributed by atoms with Gasteiger partial charge in [0.2, 0.25) is 23.4 Å². The number of aromatic nitrogens is 2. The van der Waals surface area contributed by atoms with Crippen molar-refractivity contribution >= 4 is 11.6 Å². The highest BCUT2D eigenvalue weighted by Crippen LogP contribution is 2.41. The molecular weight excluding hydrogens is 430 g/mol. The molecule has 10 heteroatoms. The van der Waals surface area contributed by atoms with Crippen LogP contribution in [-0.2, 0) is 4.79 Å². The van der Waals surface area contributed by atoms with E-state index in [1.807, 2.05) is 6.07 Å². The molecule has 0 unspecified atom stereocenters. The summed E-state index contributed by atoms with van der Waals surface area (Å²) in [6.07, 6.45) is 0.255. The highest BCUT2D eigenvalue weighted by molar-refractivity contribution is 5.96. The van der Waals surface area contributed by atoms with Gasteiger partial charge in [0.15, 0.2) is 23.0 Å². The van der Waals surface area contributed by atoms with E-state index in [0.29, 0.717) is 58.3 Å². The number of hydrogen-bond acceptors (Lipinski definition) is 9. The van der Waals surface area contributed by atoms with Gasteiger partial charge >= 0.3 is 0 Å². The lowest BCUT2D eigenvalue weighted by Gasteiger charge is -2.18. The summed E-state index contributed by atoms with van der Waals surface area (Å²) in [7, 11) is 7.73. The molecule has 1 aliphatic heterocycles. The molecule has 2 aromatic carbocycles. The normalized spacial score (nSPS) is 15.5. The Bertz CT molecular complexity index is 1140. The Morgan fingerprint density at radius 1 is 0.879 bits per heavy atom. The molecule has 0 N–H and O–H groups in total. The van der Waals surface area contributed by atoms with Gasteiger partial charge in [-0.25, -0.2) is 0 Å². The van der Waals surface area contributed by atoms with E-state index in [-0.39, 0.29) is 18.2 Å². The summed E-state index contributed by atoms with van der Waals surface area (Å²) in [6, 6.07) is 8.84. The molecule has 10 nitrogen and oxygen atoms in total. The summed E-state index contributed by atoms with van der Waals surface area (Å²) in [5.41, 5.74) is 1.35. The van der Waals surface area contributed by atoms with E-state index in [0.717, 1.165) is 0 Å². The Balaban J connectivity index is 1.58. The molecule has 0 saturated carbocycles. The van der Waals surface area contributed by atoms with Crippen molar-refractivity contribution in [2.75, 3.05) is 47.0 Å². The molecule has 0 spiro atoms. The van der Waals surface area contributed by atoms with Crippen LogP contribution in [0.5, 0.6) is 28.7 Å². The van der Waals surface area contributed by atoms with E-state index in [4.69, 9.17) is 28.2 Å². The SMILES string of the molecule is COc1ccc(N2C[C@@H](c3nc(-c4cc(OC)c(OC)c(OC)c4)no3)CC2=O)cc1OC. The van der Waals surface area contributed by atoms with Gasteiger partial charge in [-0.1, -0.05) is 5.16 Å². The highest BCUT2D eigenvalue weighted by Gasteiger charge is 2.35. The summed E-state index contributed by atoms with van der Waals surface area (Å²) in [5.74, 6) is 3.04. The average molecular weight is 455 g/mol. The first-order valence-electron chi connectivity index (χ1n) is 10.2. The maximum absolute atomic E-state index is 12.7. The molecule has 1 fully saturated rings. The van der Waals surface area contributed by atoms with E-state index in [9.17, 15) is 4.79 Å². The fourth-order valence-corrected chi connectivity index (χ4v) is 3.84. The first-order valence-corrected chi connectivity index (χ1v) is 10.2. The predicted octanol–water partition coefficient (Wildman–Crippen LogP) is 3.30. The molecule has 33 heavy (non-hydrogen) atoms. The van der Waals surface area contributed by atoms with Crippen LogP contribution in [0.1, 0.15) is 18.2 Å². The molecule has 4 rings (SSSR count). The van der Waals surface area contributed by atoms with Crippen LogP contribution in [0.15, 0.2) is 34.9 Å². The number of anilines is 1. The Morgan fingerprint density at radius 2 is 1.55 bits per heavy atom. The van der Waals surface area contributed by atoms with Gasteiger partial charge in [-0.3, -0.25) is 4.79 Å². The monoisotopic (exact) mass is 455 g/mol. The predicted molar refractivity (Wildman–Crippen MR) is 119 cm³/mol. The number of carbonyl (C=O) groups excluding carboxylic acids is 1. The zero-order valence-corrected chi connectivity index (χ0v) is 19.1.